The smallest absolute Gasteiger partial charge is 0.257 e. The summed E-state index contributed by atoms with van der Waals surface area (Å²) in [5, 5.41) is 0. The molecule has 0 aromatic rings. The summed E-state index contributed by atoms with van der Waals surface area (Å²) in [6.45, 7) is 7.96. The van der Waals surface area contributed by atoms with Crippen molar-refractivity contribution in [3.8, 4) is 0 Å². The Balaban J connectivity index is 3.53. The molecule has 0 saturated heterocycles. The van der Waals surface area contributed by atoms with E-state index in [9.17, 15) is 4.57 Å². The second kappa shape index (κ2) is 5.69. The van der Waals surface area contributed by atoms with Gasteiger partial charge in [0.05, 0.1) is 6.66 Å². The molecule has 0 aliphatic carbocycles. The highest BCUT2D eigenvalue weighted by molar-refractivity contribution is 7.55. The zero-order valence-electron chi connectivity index (χ0n) is 6.79. The first kappa shape index (κ1) is 11.1. The number of hydroxylamine groups is 2. The van der Waals surface area contributed by atoms with E-state index in [1.54, 1.807) is 0 Å². The third-order valence-electron chi connectivity index (χ3n) is 0.696. The molecule has 6 heteroatoms. The average molecular weight is 181 g/mol. The van der Waals surface area contributed by atoms with Crippen LogP contribution in [0.25, 0.3) is 0 Å². The molecule has 0 heterocycles. The Kier molecular flexibility index (Phi) is 5.72. The lowest BCUT2D eigenvalue weighted by Gasteiger charge is -2.12. The summed E-state index contributed by atoms with van der Waals surface area (Å²) in [7, 11) is -3.20. The van der Waals surface area contributed by atoms with Crippen molar-refractivity contribution in [1.82, 2.24) is 11.0 Å². The van der Waals surface area contributed by atoms with Crippen LogP contribution in [0.2, 0.25) is 0 Å². The molecule has 0 amide bonds. The summed E-state index contributed by atoms with van der Waals surface area (Å²) < 4.78 is 20.2. The summed E-state index contributed by atoms with van der Waals surface area (Å²) in [6, 6.07) is 0. The highest BCUT2D eigenvalue weighted by Crippen LogP contribution is 2.43. The first-order chi connectivity index (χ1) is 5.12. The predicted molar refractivity (Wildman–Crippen MR) is 42.5 cm³/mol. The zero-order valence-corrected chi connectivity index (χ0v) is 7.69. The molecule has 0 saturated carbocycles. The van der Waals surface area contributed by atoms with Gasteiger partial charge in [-0.25, -0.2) is 9.25 Å². The van der Waals surface area contributed by atoms with Crippen LogP contribution in [0, 0.1) is 6.66 Å². The van der Waals surface area contributed by atoms with Crippen molar-refractivity contribution in [2.24, 2.45) is 0 Å². The summed E-state index contributed by atoms with van der Waals surface area (Å²) in [5.41, 5.74) is 4.81. The van der Waals surface area contributed by atoms with E-state index < -0.39 is 7.60 Å². The topological polar surface area (TPSA) is 59.6 Å². The van der Waals surface area contributed by atoms with Crippen molar-refractivity contribution in [2.75, 3.05) is 13.1 Å². The van der Waals surface area contributed by atoms with Crippen LogP contribution in [0.1, 0.15) is 13.8 Å². The molecule has 11 heavy (non-hydrogen) atoms. The lowest BCUT2D eigenvalue weighted by molar-refractivity contribution is 0.111. The molecular formula is C5H14N2O3P. The summed E-state index contributed by atoms with van der Waals surface area (Å²) in [5.74, 6) is 0. The van der Waals surface area contributed by atoms with Crippen LogP contribution in [-0.2, 0) is 13.8 Å². The van der Waals surface area contributed by atoms with Gasteiger partial charge in [-0.3, -0.25) is 4.57 Å². The Morgan fingerprint density at radius 2 is 1.64 bits per heavy atom. The number of hydrogen-bond donors (Lipinski definition) is 2. The van der Waals surface area contributed by atoms with Crippen LogP contribution < -0.4 is 11.0 Å². The van der Waals surface area contributed by atoms with E-state index in [1.165, 1.54) is 0 Å². The highest BCUT2D eigenvalue weighted by atomic mass is 31.2. The molecule has 0 spiro atoms. The largest absolute Gasteiger partial charge is 0.363 e. The molecule has 0 aromatic heterocycles. The van der Waals surface area contributed by atoms with Crippen LogP contribution in [0.5, 0.6) is 0 Å². The van der Waals surface area contributed by atoms with Gasteiger partial charge in [-0.2, -0.15) is 11.0 Å². The van der Waals surface area contributed by atoms with Gasteiger partial charge in [0.25, 0.3) is 0 Å². The fraction of sp³-hybridized carbons (Fsp3) is 0.800. The van der Waals surface area contributed by atoms with Crippen molar-refractivity contribution in [1.29, 1.82) is 0 Å². The van der Waals surface area contributed by atoms with Gasteiger partial charge in [-0.05, 0) is 0 Å². The molecule has 0 aliphatic heterocycles. The maximum absolute atomic E-state index is 11.1. The molecule has 0 atom stereocenters. The fourth-order valence-corrected chi connectivity index (χ4v) is 1.03. The molecule has 5 nitrogen and oxygen atoms in total. The van der Waals surface area contributed by atoms with Crippen molar-refractivity contribution in [3.05, 3.63) is 6.66 Å². The lowest BCUT2D eigenvalue weighted by Crippen LogP contribution is -2.17. The third kappa shape index (κ3) is 6.47. The quantitative estimate of drug-likeness (QED) is 0.473. The molecule has 2 N–H and O–H groups in total. The molecule has 0 fully saturated rings. The van der Waals surface area contributed by atoms with E-state index in [-0.39, 0.29) is 0 Å². The Morgan fingerprint density at radius 1 is 1.27 bits per heavy atom. The Bertz CT molecular complexity index is 130. The van der Waals surface area contributed by atoms with E-state index in [1.807, 2.05) is 13.8 Å². The van der Waals surface area contributed by atoms with E-state index >= 15 is 0 Å². The first-order valence-electron chi connectivity index (χ1n) is 3.39. The Hall–Kier alpha value is 0.0700. The summed E-state index contributed by atoms with van der Waals surface area (Å²) in [6.07, 6.45) is 0. The summed E-state index contributed by atoms with van der Waals surface area (Å²) in [4.78, 5) is 0. The minimum Gasteiger partial charge on any atom is -0.257 e. The molecule has 0 rings (SSSR count). The Labute approximate surface area is 66.9 Å². The number of rotatable bonds is 6. The van der Waals surface area contributed by atoms with Crippen molar-refractivity contribution < 1.29 is 13.8 Å². The molecule has 67 valence electrons. The monoisotopic (exact) mass is 181 g/mol. The molecule has 1 radical (unpaired) electrons. The van der Waals surface area contributed by atoms with Gasteiger partial charge in [0.15, 0.2) is 0 Å². The number of nitrogens with one attached hydrogen (secondary N) is 2. The van der Waals surface area contributed by atoms with E-state index in [4.69, 9.17) is 0 Å². The van der Waals surface area contributed by atoms with Crippen molar-refractivity contribution in [2.45, 2.75) is 13.8 Å². The molecule has 0 aliphatic rings. The standard InChI is InChI=1S/C5H14N2O3P/c1-4-6-9-11(3,8)10-7-5-2/h6-7H,3-5H2,1-2H3. The molecule has 0 bridgehead atoms. The highest BCUT2D eigenvalue weighted by Gasteiger charge is 2.16. The predicted octanol–water partition coefficient (Wildman–Crippen LogP) is 1.05. The van der Waals surface area contributed by atoms with Crippen LogP contribution in [0.4, 0.5) is 0 Å². The van der Waals surface area contributed by atoms with Gasteiger partial charge in [0, 0.05) is 13.1 Å². The zero-order chi connectivity index (χ0) is 8.74. The second-order valence-corrected chi connectivity index (χ2v) is 3.38. The fourth-order valence-electron chi connectivity index (χ4n) is 0.344. The van der Waals surface area contributed by atoms with Crippen molar-refractivity contribution >= 4 is 7.60 Å². The minimum atomic E-state index is -3.20. The van der Waals surface area contributed by atoms with Crippen LogP contribution in [0.15, 0.2) is 0 Å². The average Bonchev–Trinajstić information content (AvgIpc) is 1.97. The van der Waals surface area contributed by atoms with Gasteiger partial charge in [0.2, 0.25) is 0 Å². The van der Waals surface area contributed by atoms with Crippen LogP contribution in [-0.4, -0.2) is 13.1 Å². The van der Waals surface area contributed by atoms with Crippen LogP contribution >= 0.6 is 7.60 Å². The van der Waals surface area contributed by atoms with E-state index in [0.717, 1.165) is 0 Å². The molecule has 0 aromatic carbocycles. The SMILES string of the molecule is [CH2]P(=O)(ONCC)ONCC. The molecular weight excluding hydrogens is 167 g/mol. The lowest BCUT2D eigenvalue weighted by atomic mass is 10.8. The second-order valence-electron chi connectivity index (χ2n) is 1.79. The maximum Gasteiger partial charge on any atom is 0.363 e. The molecule has 0 unspecified atom stereocenters. The van der Waals surface area contributed by atoms with E-state index in [0.29, 0.717) is 13.1 Å². The van der Waals surface area contributed by atoms with Gasteiger partial charge in [0.1, 0.15) is 0 Å². The maximum atomic E-state index is 11.1. The normalized spacial score (nSPS) is 11.9. The van der Waals surface area contributed by atoms with Crippen LogP contribution in [0.3, 0.4) is 0 Å². The number of hydrogen-bond acceptors (Lipinski definition) is 5. The van der Waals surface area contributed by atoms with E-state index in [2.05, 4.69) is 26.9 Å². The third-order valence-corrected chi connectivity index (χ3v) is 1.51. The first-order valence-corrected chi connectivity index (χ1v) is 5.12. The van der Waals surface area contributed by atoms with Gasteiger partial charge in [-0.1, -0.05) is 13.8 Å². The minimum absolute atomic E-state index is 0.551. The van der Waals surface area contributed by atoms with Crippen molar-refractivity contribution in [3.63, 3.8) is 0 Å². The van der Waals surface area contributed by atoms with Gasteiger partial charge >= 0.3 is 7.60 Å². The van der Waals surface area contributed by atoms with Gasteiger partial charge < -0.3 is 0 Å². The van der Waals surface area contributed by atoms with Gasteiger partial charge in [-0.15, -0.1) is 0 Å². The summed E-state index contributed by atoms with van der Waals surface area (Å²) >= 11 is 0. The Morgan fingerprint density at radius 3 is 1.91 bits per heavy atom.